The summed E-state index contributed by atoms with van der Waals surface area (Å²) in [6.07, 6.45) is 3.81. The summed E-state index contributed by atoms with van der Waals surface area (Å²) >= 11 is 0. The lowest BCUT2D eigenvalue weighted by atomic mass is 9.98. The molecule has 1 aromatic rings. The van der Waals surface area contributed by atoms with Crippen LogP contribution in [0.2, 0.25) is 18.1 Å². The van der Waals surface area contributed by atoms with Gasteiger partial charge in [-0.1, -0.05) is 51.1 Å². The van der Waals surface area contributed by atoms with Gasteiger partial charge >= 0.3 is 0 Å². The molecule has 1 aliphatic heterocycles. The van der Waals surface area contributed by atoms with Crippen LogP contribution in [-0.4, -0.2) is 21.0 Å². The summed E-state index contributed by atoms with van der Waals surface area (Å²) in [4.78, 5) is 0. The third-order valence-electron chi connectivity index (χ3n) is 4.91. The van der Waals surface area contributed by atoms with Crippen molar-refractivity contribution < 1.29 is 9.16 Å². The van der Waals surface area contributed by atoms with Crippen LogP contribution in [0.15, 0.2) is 30.3 Å². The fourth-order valence-electron chi connectivity index (χ4n) is 2.50. The molecule has 0 spiro atoms. The fourth-order valence-corrected chi connectivity index (χ4v) is 3.78. The van der Waals surface area contributed by atoms with E-state index in [2.05, 4.69) is 64.2 Å². The van der Waals surface area contributed by atoms with Gasteiger partial charge < -0.3 is 9.16 Å². The third kappa shape index (κ3) is 4.18. The van der Waals surface area contributed by atoms with Crippen LogP contribution in [0.1, 0.15) is 51.7 Å². The van der Waals surface area contributed by atoms with Crippen molar-refractivity contribution in [3.05, 3.63) is 35.9 Å². The highest BCUT2D eigenvalue weighted by atomic mass is 28.4. The zero-order chi connectivity index (χ0) is 15.5. The molecule has 0 aliphatic carbocycles. The van der Waals surface area contributed by atoms with Crippen molar-refractivity contribution in [1.82, 2.24) is 0 Å². The van der Waals surface area contributed by atoms with E-state index in [1.807, 2.05) is 0 Å². The zero-order valence-electron chi connectivity index (χ0n) is 14.2. The van der Waals surface area contributed by atoms with Crippen molar-refractivity contribution in [2.45, 2.75) is 70.4 Å². The van der Waals surface area contributed by atoms with Gasteiger partial charge in [-0.2, -0.15) is 0 Å². The van der Waals surface area contributed by atoms with E-state index in [0.717, 1.165) is 13.0 Å². The molecule has 21 heavy (non-hydrogen) atoms. The summed E-state index contributed by atoms with van der Waals surface area (Å²) in [7, 11) is -1.81. The monoisotopic (exact) mass is 306 g/mol. The molecule has 0 radical (unpaired) electrons. The SMILES string of the molecule is CC(C)(C)[Si](C)(C)OC(c1ccccc1)C1CCCCO1. The van der Waals surface area contributed by atoms with E-state index in [4.69, 9.17) is 9.16 Å². The number of benzene rings is 1. The van der Waals surface area contributed by atoms with Crippen LogP contribution in [0, 0.1) is 0 Å². The van der Waals surface area contributed by atoms with E-state index < -0.39 is 8.32 Å². The molecular formula is C18H30O2Si. The van der Waals surface area contributed by atoms with E-state index in [1.54, 1.807) is 0 Å². The van der Waals surface area contributed by atoms with E-state index in [-0.39, 0.29) is 17.2 Å². The van der Waals surface area contributed by atoms with Crippen LogP contribution in [0.25, 0.3) is 0 Å². The first-order valence-electron chi connectivity index (χ1n) is 8.16. The third-order valence-corrected chi connectivity index (χ3v) is 9.36. The maximum absolute atomic E-state index is 6.74. The van der Waals surface area contributed by atoms with E-state index in [9.17, 15) is 0 Å². The van der Waals surface area contributed by atoms with Crippen molar-refractivity contribution in [3.63, 3.8) is 0 Å². The summed E-state index contributed by atoms with van der Waals surface area (Å²) in [6, 6.07) is 10.6. The van der Waals surface area contributed by atoms with Gasteiger partial charge in [-0.15, -0.1) is 0 Å². The largest absolute Gasteiger partial charge is 0.407 e. The maximum Gasteiger partial charge on any atom is 0.193 e. The van der Waals surface area contributed by atoms with E-state index in [1.165, 1.54) is 18.4 Å². The molecule has 1 heterocycles. The molecule has 1 aromatic carbocycles. The first kappa shape index (κ1) is 16.7. The Morgan fingerprint density at radius 2 is 1.81 bits per heavy atom. The molecule has 0 saturated carbocycles. The highest BCUT2D eigenvalue weighted by Crippen LogP contribution is 2.42. The molecule has 0 aromatic heterocycles. The first-order valence-corrected chi connectivity index (χ1v) is 11.1. The van der Waals surface area contributed by atoms with Crippen LogP contribution in [-0.2, 0) is 9.16 Å². The number of rotatable bonds is 4. The Balaban J connectivity index is 2.24. The van der Waals surface area contributed by atoms with Gasteiger partial charge in [-0.25, -0.2) is 0 Å². The standard InChI is InChI=1S/C18H30O2Si/c1-18(2,3)21(4,5)20-17(15-11-7-6-8-12-15)16-13-9-10-14-19-16/h6-8,11-12,16-17H,9-10,13-14H2,1-5H3. The van der Waals surface area contributed by atoms with Crippen molar-refractivity contribution >= 4 is 8.32 Å². The molecule has 1 aliphatic rings. The van der Waals surface area contributed by atoms with Crippen molar-refractivity contribution in [2.24, 2.45) is 0 Å². The Morgan fingerprint density at radius 3 is 2.33 bits per heavy atom. The average molecular weight is 307 g/mol. The molecule has 2 atom stereocenters. The molecule has 118 valence electrons. The van der Waals surface area contributed by atoms with E-state index >= 15 is 0 Å². The lowest BCUT2D eigenvalue weighted by Crippen LogP contribution is -2.44. The highest BCUT2D eigenvalue weighted by Gasteiger charge is 2.41. The van der Waals surface area contributed by atoms with Gasteiger partial charge in [0.2, 0.25) is 0 Å². The minimum Gasteiger partial charge on any atom is -0.407 e. The van der Waals surface area contributed by atoms with Crippen LogP contribution in [0.5, 0.6) is 0 Å². The summed E-state index contributed by atoms with van der Waals surface area (Å²) in [5.74, 6) is 0. The highest BCUT2D eigenvalue weighted by molar-refractivity contribution is 6.74. The van der Waals surface area contributed by atoms with Gasteiger partial charge in [0.05, 0.1) is 12.2 Å². The van der Waals surface area contributed by atoms with Crippen LogP contribution in [0.3, 0.4) is 0 Å². The lowest BCUT2D eigenvalue weighted by molar-refractivity contribution is -0.0579. The van der Waals surface area contributed by atoms with Gasteiger partial charge in [0.15, 0.2) is 8.32 Å². The maximum atomic E-state index is 6.74. The van der Waals surface area contributed by atoms with Gasteiger partial charge in [-0.05, 0) is 43.0 Å². The Morgan fingerprint density at radius 1 is 1.14 bits per heavy atom. The van der Waals surface area contributed by atoms with Crippen LogP contribution in [0.4, 0.5) is 0 Å². The quantitative estimate of drug-likeness (QED) is 0.701. The van der Waals surface area contributed by atoms with Gasteiger partial charge in [0.25, 0.3) is 0 Å². The topological polar surface area (TPSA) is 18.5 Å². The molecule has 1 fully saturated rings. The number of ether oxygens (including phenoxy) is 1. The number of hydrogen-bond acceptors (Lipinski definition) is 2. The van der Waals surface area contributed by atoms with Gasteiger partial charge in [0.1, 0.15) is 0 Å². The predicted molar refractivity (Wildman–Crippen MR) is 91.1 cm³/mol. The molecule has 0 amide bonds. The van der Waals surface area contributed by atoms with Crippen molar-refractivity contribution in [2.75, 3.05) is 6.61 Å². The van der Waals surface area contributed by atoms with Gasteiger partial charge in [-0.3, -0.25) is 0 Å². The van der Waals surface area contributed by atoms with Crippen molar-refractivity contribution in [3.8, 4) is 0 Å². The minimum atomic E-state index is -1.81. The van der Waals surface area contributed by atoms with Crippen LogP contribution >= 0.6 is 0 Å². The molecule has 2 unspecified atom stereocenters. The smallest absolute Gasteiger partial charge is 0.193 e. The summed E-state index contributed by atoms with van der Waals surface area (Å²) < 4.78 is 12.8. The van der Waals surface area contributed by atoms with Crippen LogP contribution < -0.4 is 0 Å². The lowest BCUT2D eigenvalue weighted by Gasteiger charge is -2.42. The molecular weight excluding hydrogens is 276 g/mol. The molecule has 1 saturated heterocycles. The predicted octanol–water partition coefficient (Wildman–Crippen LogP) is 5.32. The molecule has 3 heteroatoms. The molecule has 2 nitrogen and oxygen atoms in total. The first-order chi connectivity index (χ1) is 9.81. The van der Waals surface area contributed by atoms with E-state index in [0.29, 0.717) is 0 Å². The second-order valence-corrected chi connectivity index (χ2v) is 12.4. The normalized spacial score (nSPS) is 22.0. The molecule has 0 N–H and O–H groups in total. The Hall–Kier alpha value is -0.643. The molecule has 2 rings (SSSR count). The zero-order valence-corrected chi connectivity index (χ0v) is 15.2. The summed E-state index contributed by atoms with van der Waals surface area (Å²) in [5, 5.41) is 0.217. The minimum absolute atomic E-state index is 0.0763. The average Bonchev–Trinajstić information content (AvgIpc) is 2.45. The van der Waals surface area contributed by atoms with Crippen molar-refractivity contribution in [1.29, 1.82) is 0 Å². The second-order valence-electron chi connectivity index (χ2n) is 7.61. The Labute approximate surface area is 131 Å². The fraction of sp³-hybridized carbons (Fsp3) is 0.667. The molecule has 0 bridgehead atoms. The second kappa shape index (κ2) is 6.63. The Kier molecular flexibility index (Phi) is 5.28. The summed E-state index contributed by atoms with van der Waals surface area (Å²) in [5.41, 5.74) is 1.26. The van der Waals surface area contributed by atoms with Gasteiger partial charge in [0, 0.05) is 6.61 Å². The summed E-state index contributed by atoms with van der Waals surface area (Å²) in [6.45, 7) is 12.4. The number of hydrogen-bond donors (Lipinski definition) is 0. The Bertz CT molecular complexity index is 430.